The summed E-state index contributed by atoms with van der Waals surface area (Å²) in [5.41, 5.74) is 8.14. The minimum absolute atomic E-state index is 0.204. The number of aromatic nitrogens is 2. The molecule has 1 atom stereocenters. The van der Waals surface area contributed by atoms with E-state index in [9.17, 15) is 0 Å². The highest BCUT2D eigenvalue weighted by molar-refractivity contribution is 7.80. The topological polar surface area (TPSA) is 50.3 Å². The number of hydrogen-bond acceptors (Lipinski definition) is 4. The van der Waals surface area contributed by atoms with E-state index in [4.69, 9.17) is 18.0 Å². The van der Waals surface area contributed by atoms with Gasteiger partial charge in [-0.1, -0.05) is 12.2 Å². The first-order valence-corrected chi connectivity index (χ1v) is 7.71. The monoisotopic (exact) mass is 295 g/mol. The molecule has 5 nitrogen and oxygen atoms in total. The fraction of sp³-hybridized carbons (Fsp3) is 0.714. The van der Waals surface area contributed by atoms with Gasteiger partial charge in [0.1, 0.15) is 0 Å². The van der Waals surface area contributed by atoms with Crippen molar-refractivity contribution >= 4 is 17.2 Å². The Morgan fingerprint density at radius 3 is 2.60 bits per heavy atom. The average Bonchev–Trinajstić information content (AvgIpc) is 2.78. The highest BCUT2D eigenvalue weighted by atomic mass is 32.1. The van der Waals surface area contributed by atoms with Crippen LogP contribution in [0.1, 0.15) is 25.2 Å². The van der Waals surface area contributed by atoms with E-state index in [2.05, 4.69) is 46.4 Å². The number of nitrogens with zero attached hydrogens (tertiary/aromatic N) is 4. The Labute approximate surface area is 126 Å². The van der Waals surface area contributed by atoms with Gasteiger partial charge in [0.25, 0.3) is 0 Å². The van der Waals surface area contributed by atoms with E-state index in [0.717, 1.165) is 45.0 Å². The van der Waals surface area contributed by atoms with E-state index >= 15 is 0 Å². The van der Waals surface area contributed by atoms with Crippen LogP contribution in [0.3, 0.4) is 0 Å². The van der Waals surface area contributed by atoms with E-state index in [1.54, 1.807) is 0 Å². The molecule has 1 fully saturated rings. The van der Waals surface area contributed by atoms with Crippen LogP contribution in [0.15, 0.2) is 6.07 Å². The van der Waals surface area contributed by atoms with Gasteiger partial charge in [-0.3, -0.25) is 14.5 Å². The van der Waals surface area contributed by atoms with Crippen LogP contribution in [-0.2, 0) is 13.1 Å². The van der Waals surface area contributed by atoms with Gasteiger partial charge in [0.2, 0.25) is 0 Å². The molecule has 0 saturated carbocycles. The van der Waals surface area contributed by atoms with Crippen LogP contribution in [-0.4, -0.2) is 56.8 Å². The van der Waals surface area contributed by atoms with Gasteiger partial charge in [-0.15, -0.1) is 0 Å². The summed E-state index contributed by atoms with van der Waals surface area (Å²) in [6.45, 7) is 12.4. The van der Waals surface area contributed by atoms with E-state index in [-0.39, 0.29) is 6.04 Å². The lowest BCUT2D eigenvalue weighted by Gasteiger charge is -2.37. The molecule has 1 aliphatic rings. The molecule has 2 rings (SSSR count). The van der Waals surface area contributed by atoms with Crippen molar-refractivity contribution in [1.82, 2.24) is 19.6 Å². The van der Waals surface area contributed by atoms with E-state index in [1.165, 1.54) is 5.69 Å². The van der Waals surface area contributed by atoms with Crippen molar-refractivity contribution in [1.29, 1.82) is 0 Å². The summed E-state index contributed by atoms with van der Waals surface area (Å²) in [5, 5.41) is 4.51. The van der Waals surface area contributed by atoms with E-state index in [0.29, 0.717) is 4.99 Å². The third-order valence-corrected chi connectivity index (χ3v) is 4.38. The lowest BCUT2D eigenvalue weighted by atomic mass is 10.2. The van der Waals surface area contributed by atoms with E-state index in [1.807, 2.05) is 0 Å². The molecule has 0 amide bonds. The largest absolute Gasteiger partial charge is 0.392 e. The first kappa shape index (κ1) is 15.4. The maximum atomic E-state index is 5.73. The summed E-state index contributed by atoms with van der Waals surface area (Å²) >= 11 is 5.08. The lowest BCUT2D eigenvalue weighted by molar-refractivity contribution is 0.115. The van der Waals surface area contributed by atoms with Gasteiger partial charge in [-0.2, -0.15) is 5.10 Å². The van der Waals surface area contributed by atoms with Crippen molar-refractivity contribution in [3.63, 3.8) is 0 Å². The molecule has 1 saturated heterocycles. The number of piperazine rings is 1. The summed E-state index contributed by atoms with van der Waals surface area (Å²) in [6, 6.07) is 2.39. The second kappa shape index (κ2) is 6.65. The zero-order valence-corrected chi connectivity index (χ0v) is 13.5. The molecule has 2 heterocycles. The summed E-state index contributed by atoms with van der Waals surface area (Å²) in [4.78, 5) is 5.44. The lowest BCUT2D eigenvalue weighted by Crippen LogP contribution is -2.52. The maximum absolute atomic E-state index is 5.73. The Balaban J connectivity index is 1.89. The Bertz CT molecular complexity index is 462. The first-order valence-electron chi connectivity index (χ1n) is 7.30. The molecule has 6 heteroatoms. The van der Waals surface area contributed by atoms with Crippen LogP contribution in [0, 0.1) is 6.92 Å². The second-order valence-electron chi connectivity index (χ2n) is 5.48. The predicted molar refractivity (Wildman–Crippen MR) is 85.7 cm³/mol. The quantitative estimate of drug-likeness (QED) is 0.822. The Hall–Kier alpha value is -0.980. The third kappa shape index (κ3) is 3.56. The van der Waals surface area contributed by atoms with Crippen molar-refractivity contribution in [2.75, 3.05) is 26.2 Å². The molecule has 1 aromatic rings. The summed E-state index contributed by atoms with van der Waals surface area (Å²) in [6.07, 6.45) is 0. The molecule has 20 heavy (non-hydrogen) atoms. The van der Waals surface area contributed by atoms with Crippen molar-refractivity contribution in [2.24, 2.45) is 5.73 Å². The van der Waals surface area contributed by atoms with Crippen LogP contribution in [0.25, 0.3) is 0 Å². The zero-order valence-electron chi connectivity index (χ0n) is 12.7. The molecule has 0 bridgehead atoms. The number of aryl methyl sites for hydroxylation is 2. The Morgan fingerprint density at radius 1 is 1.40 bits per heavy atom. The Kier molecular flexibility index (Phi) is 5.12. The van der Waals surface area contributed by atoms with Crippen LogP contribution in [0.4, 0.5) is 0 Å². The van der Waals surface area contributed by atoms with Crippen molar-refractivity contribution < 1.29 is 0 Å². The highest BCUT2D eigenvalue weighted by Crippen LogP contribution is 2.12. The summed E-state index contributed by atoms with van der Waals surface area (Å²) in [7, 11) is 0. The fourth-order valence-corrected chi connectivity index (χ4v) is 2.87. The van der Waals surface area contributed by atoms with Gasteiger partial charge in [-0.05, 0) is 26.8 Å². The minimum Gasteiger partial charge on any atom is -0.392 e. The van der Waals surface area contributed by atoms with Crippen LogP contribution in [0.2, 0.25) is 0 Å². The highest BCUT2D eigenvalue weighted by Gasteiger charge is 2.23. The molecule has 0 spiro atoms. The fourth-order valence-electron chi connectivity index (χ4n) is 2.72. The van der Waals surface area contributed by atoms with Gasteiger partial charge in [0.05, 0.1) is 22.4 Å². The van der Waals surface area contributed by atoms with Crippen molar-refractivity contribution in [2.45, 2.75) is 39.9 Å². The van der Waals surface area contributed by atoms with Crippen molar-refractivity contribution in [3.8, 4) is 0 Å². The summed E-state index contributed by atoms with van der Waals surface area (Å²) in [5.74, 6) is 0. The molecule has 1 unspecified atom stereocenters. The van der Waals surface area contributed by atoms with Gasteiger partial charge < -0.3 is 5.73 Å². The molecule has 2 N–H and O–H groups in total. The first-order chi connectivity index (χ1) is 9.51. The smallest absolute Gasteiger partial charge is 0.0899 e. The molecule has 1 aromatic heterocycles. The molecule has 1 aliphatic heterocycles. The standard InChI is InChI=1S/C14H25N5S/c1-4-19-13(9-11(2)16-19)10-17-5-7-18(8-6-17)12(3)14(15)20/h9,12H,4-8,10H2,1-3H3,(H2,15,20). The maximum Gasteiger partial charge on any atom is 0.0899 e. The SMILES string of the molecule is CCn1nc(C)cc1CN1CCN(C(C)C(N)=S)CC1. The average molecular weight is 295 g/mol. The number of thiocarbonyl (C=S) groups is 1. The third-order valence-electron chi connectivity index (χ3n) is 4.04. The normalized spacial score (nSPS) is 19.1. The second-order valence-corrected chi connectivity index (χ2v) is 5.95. The Morgan fingerprint density at radius 2 is 2.05 bits per heavy atom. The minimum atomic E-state index is 0.204. The molecule has 0 aromatic carbocycles. The summed E-state index contributed by atoms with van der Waals surface area (Å²) < 4.78 is 2.10. The number of hydrogen-bond donors (Lipinski definition) is 1. The van der Waals surface area contributed by atoms with E-state index < -0.39 is 0 Å². The van der Waals surface area contributed by atoms with Crippen molar-refractivity contribution in [3.05, 3.63) is 17.5 Å². The van der Waals surface area contributed by atoms with Crippen LogP contribution in [0.5, 0.6) is 0 Å². The van der Waals surface area contributed by atoms with Gasteiger partial charge in [-0.25, -0.2) is 0 Å². The van der Waals surface area contributed by atoms with Gasteiger partial charge >= 0.3 is 0 Å². The zero-order chi connectivity index (χ0) is 14.7. The number of nitrogens with two attached hydrogens (primary N) is 1. The van der Waals surface area contributed by atoms with Gasteiger partial charge in [0, 0.05) is 39.3 Å². The molecular weight excluding hydrogens is 270 g/mol. The number of rotatable bonds is 5. The van der Waals surface area contributed by atoms with Crippen LogP contribution >= 0.6 is 12.2 Å². The predicted octanol–water partition coefficient (Wildman–Crippen LogP) is 1.00. The molecular formula is C14H25N5S. The molecule has 0 radical (unpaired) electrons. The molecule has 112 valence electrons. The molecule has 0 aliphatic carbocycles. The van der Waals surface area contributed by atoms with Crippen LogP contribution < -0.4 is 5.73 Å². The van der Waals surface area contributed by atoms with Gasteiger partial charge in [0.15, 0.2) is 0 Å².